The molecule has 4 rings (SSSR count). The van der Waals surface area contributed by atoms with Gasteiger partial charge in [-0.15, -0.1) is 0 Å². The number of alkyl halides is 1. The molecule has 0 fully saturated rings. The molecular weight excluding hydrogens is 327 g/mol. The molecule has 5 heteroatoms. The molecule has 0 aromatic rings. The Hall–Kier alpha value is -2.27. The molecule has 0 bridgehead atoms. The van der Waals surface area contributed by atoms with Gasteiger partial charge in [0, 0.05) is 30.7 Å². The van der Waals surface area contributed by atoms with Crippen LogP contribution < -0.4 is 10.6 Å². The molecule has 4 nitrogen and oxygen atoms in total. The van der Waals surface area contributed by atoms with Crippen molar-refractivity contribution in [1.82, 2.24) is 10.6 Å². The molecule has 0 radical (unpaired) electrons. The van der Waals surface area contributed by atoms with E-state index in [4.69, 9.17) is 4.99 Å². The van der Waals surface area contributed by atoms with E-state index in [0.29, 0.717) is 6.42 Å². The second kappa shape index (κ2) is 7.16. The Morgan fingerprint density at radius 2 is 2.12 bits per heavy atom. The first-order valence-electron chi connectivity index (χ1n) is 9.31. The summed E-state index contributed by atoms with van der Waals surface area (Å²) < 4.78 is 13.4. The molecule has 0 aromatic carbocycles. The number of rotatable bonds is 3. The molecular formula is C21H25FN4. The molecule has 4 aliphatic rings. The number of dihydropyridines is 1. The average Bonchev–Trinajstić information content (AvgIpc) is 2.68. The molecule has 2 heterocycles. The van der Waals surface area contributed by atoms with Crippen molar-refractivity contribution in [2.24, 2.45) is 15.9 Å². The number of fused-ring (bicyclic) bond motifs is 1. The summed E-state index contributed by atoms with van der Waals surface area (Å²) in [6.45, 7) is 2.97. The maximum atomic E-state index is 13.4. The minimum Gasteiger partial charge on any atom is -0.354 e. The fourth-order valence-corrected chi connectivity index (χ4v) is 3.93. The fourth-order valence-electron chi connectivity index (χ4n) is 3.93. The van der Waals surface area contributed by atoms with Crippen LogP contribution in [0, 0.1) is 5.92 Å². The van der Waals surface area contributed by atoms with Crippen LogP contribution in [0.5, 0.6) is 0 Å². The van der Waals surface area contributed by atoms with Crippen molar-refractivity contribution < 1.29 is 4.39 Å². The zero-order valence-corrected chi connectivity index (χ0v) is 15.2. The van der Waals surface area contributed by atoms with Crippen LogP contribution in [0.3, 0.4) is 0 Å². The second-order valence-corrected chi connectivity index (χ2v) is 7.14. The maximum absolute atomic E-state index is 13.4. The lowest BCUT2D eigenvalue weighted by Crippen LogP contribution is -2.55. The van der Waals surface area contributed by atoms with E-state index in [2.05, 4.69) is 40.8 Å². The van der Waals surface area contributed by atoms with Crippen molar-refractivity contribution in [2.45, 2.75) is 38.1 Å². The highest BCUT2D eigenvalue weighted by molar-refractivity contribution is 6.15. The van der Waals surface area contributed by atoms with Crippen molar-refractivity contribution >= 4 is 12.1 Å². The van der Waals surface area contributed by atoms with Gasteiger partial charge in [0.15, 0.2) is 0 Å². The van der Waals surface area contributed by atoms with Gasteiger partial charge in [0.05, 0.1) is 12.2 Å². The summed E-state index contributed by atoms with van der Waals surface area (Å²) in [7, 11) is 1.97. The lowest BCUT2D eigenvalue weighted by Gasteiger charge is -2.38. The van der Waals surface area contributed by atoms with Crippen LogP contribution in [0.4, 0.5) is 4.39 Å². The molecule has 4 atom stereocenters. The number of halogens is 1. The van der Waals surface area contributed by atoms with E-state index in [1.54, 1.807) is 6.08 Å². The van der Waals surface area contributed by atoms with E-state index < -0.39 is 6.17 Å². The van der Waals surface area contributed by atoms with Crippen LogP contribution >= 0.6 is 0 Å². The Morgan fingerprint density at radius 1 is 1.23 bits per heavy atom. The number of nitrogens with one attached hydrogen (secondary N) is 2. The predicted molar refractivity (Wildman–Crippen MR) is 105 cm³/mol. The number of hydrogen-bond acceptors (Lipinski definition) is 4. The van der Waals surface area contributed by atoms with Crippen molar-refractivity contribution in [3.05, 3.63) is 58.7 Å². The second-order valence-electron chi connectivity index (χ2n) is 7.14. The molecule has 4 unspecified atom stereocenters. The summed E-state index contributed by atoms with van der Waals surface area (Å²) >= 11 is 0. The van der Waals surface area contributed by atoms with Crippen molar-refractivity contribution in [2.75, 3.05) is 13.6 Å². The third-order valence-corrected chi connectivity index (χ3v) is 5.35. The van der Waals surface area contributed by atoms with Crippen LogP contribution in [-0.4, -0.2) is 44.0 Å². The van der Waals surface area contributed by atoms with E-state index in [9.17, 15) is 4.39 Å². The molecule has 26 heavy (non-hydrogen) atoms. The van der Waals surface area contributed by atoms with Gasteiger partial charge in [-0.3, -0.25) is 15.3 Å². The molecule has 0 amide bonds. The Labute approximate surface area is 154 Å². The molecule has 136 valence electrons. The van der Waals surface area contributed by atoms with E-state index in [1.165, 1.54) is 11.1 Å². The zero-order valence-electron chi connectivity index (χ0n) is 15.2. The third kappa shape index (κ3) is 3.23. The van der Waals surface area contributed by atoms with Gasteiger partial charge in [-0.1, -0.05) is 30.4 Å². The summed E-state index contributed by atoms with van der Waals surface area (Å²) in [5.74, 6) is 1.12. The Bertz CT molecular complexity index is 797. The molecule has 2 aliphatic carbocycles. The standard InChI is InChI=1S/C21H25FN4/c1-13-10-19-18(11-17(13)14-5-7-16(22)8-6-14)21(23-2)26-20(25-19)15-4-3-9-24-12-15/h4-7,10-12,16,18-19,21,23H,3,8-9H2,1-2H3,(H,25,26). The van der Waals surface area contributed by atoms with Crippen molar-refractivity contribution in [3.8, 4) is 0 Å². The Kier molecular flexibility index (Phi) is 4.72. The first kappa shape index (κ1) is 17.2. The zero-order chi connectivity index (χ0) is 18.1. The van der Waals surface area contributed by atoms with Gasteiger partial charge in [0.2, 0.25) is 0 Å². The van der Waals surface area contributed by atoms with Gasteiger partial charge in [-0.25, -0.2) is 4.39 Å². The average molecular weight is 352 g/mol. The molecule has 0 spiro atoms. The predicted octanol–water partition coefficient (Wildman–Crippen LogP) is 3.03. The fraction of sp³-hybridized carbons (Fsp3) is 0.429. The Balaban J connectivity index is 1.65. The first-order chi connectivity index (χ1) is 12.7. The summed E-state index contributed by atoms with van der Waals surface area (Å²) in [4.78, 5) is 9.33. The minimum absolute atomic E-state index is 0.0881. The minimum atomic E-state index is -0.862. The number of nitrogens with zero attached hydrogens (tertiary/aromatic N) is 2. The highest BCUT2D eigenvalue weighted by Gasteiger charge is 2.35. The molecule has 0 saturated carbocycles. The number of allylic oxidation sites excluding steroid dienone is 6. The van der Waals surface area contributed by atoms with Crippen LogP contribution in [0.15, 0.2) is 68.7 Å². The molecule has 2 N–H and O–H groups in total. The third-order valence-electron chi connectivity index (χ3n) is 5.35. The van der Waals surface area contributed by atoms with Crippen LogP contribution in [0.1, 0.15) is 19.8 Å². The van der Waals surface area contributed by atoms with Crippen LogP contribution in [-0.2, 0) is 0 Å². The van der Waals surface area contributed by atoms with Gasteiger partial charge in [0.25, 0.3) is 0 Å². The molecule has 0 aromatic heterocycles. The summed E-state index contributed by atoms with van der Waals surface area (Å²) in [5, 5.41) is 6.91. The van der Waals surface area contributed by atoms with E-state index in [1.807, 2.05) is 25.4 Å². The monoisotopic (exact) mass is 352 g/mol. The molecule has 0 saturated heterocycles. The SMILES string of the molecule is CNC1NC(C2=CCCN=C2)=NC2C=C(C)C(C3=CCC(F)C=C3)=CC21. The van der Waals surface area contributed by atoms with Gasteiger partial charge < -0.3 is 5.32 Å². The van der Waals surface area contributed by atoms with Crippen molar-refractivity contribution in [1.29, 1.82) is 0 Å². The lowest BCUT2D eigenvalue weighted by atomic mass is 9.80. The maximum Gasteiger partial charge on any atom is 0.131 e. The van der Waals surface area contributed by atoms with E-state index in [0.717, 1.165) is 29.9 Å². The van der Waals surface area contributed by atoms with Crippen LogP contribution in [0.2, 0.25) is 0 Å². The quantitative estimate of drug-likeness (QED) is 0.820. The van der Waals surface area contributed by atoms with E-state index in [-0.39, 0.29) is 18.1 Å². The smallest absolute Gasteiger partial charge is 0.131 e. The van der Waals surface area contributed by atoms with Gasteiger partial charge in [-0.2, -0.15) is 0 Å². The summed E-state index contributed by atoms with van der Waals surface area (Å²) in [5.41, 5.74) is 4.57. The van der Waals surface area contributed by atoms with E-state index >= 15 is 0 Å². The first-order valence-corrected chi connectivity index (χ1v) is 9.31. The Morgan fingerprint density at radius 3 is 2.81 bits per heavy atom. The lowest BCUT2D eigenvalue weighted by molar-refractivity contribution is 0.361. The van der Waals surface area contributed by atoms with Gasteiger partial charge in [0.1, 0.15) is 12.0 Å². The summed E-state index contributed by atoms with van der Waals surface area (Å²) in [6.07, 6.45) is 14.8. The number of aliphatic imine (C=N–C) groups is 2. The highest BCUT2D eigenvalue weighted by Crippen LogP contribution is 2.34. The topological polar surface area (TPSA) is 48.8 Å². The normalized spacial score (nSPS) is 33.3. The largest absolute Gasteiger partial charge is 0.354 e. The molecule has 2 aliphatic heterocycles. The van der Waals surface area contributed by atoms with Crippen molar-refractivity contribution in [3.63, 3.8) is 0 Å². The number of amidine groups is 1. The summed E-state index contributed by atoms with van der Waals surface area (Å²) in [6, 6.07) is 0.0887. The van der Waals surface area contributed by atoms with Gasteiger partial charge >= 0.3 is 0 Å². The highest BCUT2D eigenvalue weighted by atomic mass is 19.1. The van der Waals surface area contributed by atoms with Gasteiger partial charge in [-0.05, 0) is 43.2 Å². The number of hydrogen-bond donors (Lipinski definition) is 2. The van der Waals surface area contributed by atoms with Crippen LogP contribution in [0.25, 0.3) is 0 Å².